The van der Waals surface area contributed by atoms with E-state index in [2.05, 4.69) is 20.3 Å². The first-order chi connectivity index (χ1) is 18.4. The summed E-state index contributed by atoms with van der Waals surface area (Å²) >= 11 is 7.56. The molecule has 2 aliphatic heterocycles. The number of carbonyl (C=O) groups is 1. The van der Waals surface area contributed by atoms with Gasteiger partial charge in [0.15, 0.2) is 10.9 Å². The number of aryl methyl sites for hydroxylation is 2. The van der Waals surface area contributed by atoms with Crippen molar-refractivity contribution in [2.24, 2.45) is 5.92 Å². The Bertz CT molecular complexity index is 1560. The minimum absolute atomic E-state index is 0.0239. The molecule has 6 rings (SSSR count). The Morgan fingerprint density at radius 3 is 2.58 bits per heavy atom. The van der Waals surface area contributed by atoms with E-state index in [9.17, 15) is 9.59 Å². The number of halogens is 1. The van der Waals surface area contributed by atoms with Crippen LogP contribution in [0.3, 0.4) is 0 Å². The zero-order valence-electron chi connectivity index (χ0n) is 21.0. The number of benzene rings is 1. The summed E-state index contributed by atoms with van der Waals surface area (Å²) in [7, 11) is 0. The number of pyridine rings is 1. The maximum absolute atomic E-state index is 13.9. The summed E-state index contributed by atoms with van der Waals surface area (Å²) in [6.45, 7) is 5.62. The molecule has 9 nitrogen and oxygen atoms in total. The van der Waals surface area contributed by atoms with Crippen molar-refractivity contribution < 1.29 is 4.79 Å². The zero-order chi connectivity index (χ0) is 26.4. The molecule has 0 N–H and O–H groups in total. The molecular weight excluding hydrogens is 522 g/mol. The van der Waals surface area contributed by atoms with Crippen LogP contribution in [-0.4, -0.2) is 53.4 Å². The first-order valence-electron chi connectivity index (χ1n) is 12.5. The lowest BCUT2D eigenvalue weighted by molar-refractivity contribution is 0.0588. The van der Waals surface area contributed by atoms with Gasteiger partial charge >= 0.3 is 0 Å². The molecule has 194 valence electrons. The largest absolute Gasteiger partial charge is 0.336 e. The molecule has 1 fully saturated rings. The molecule has 0 radical (unpaired) electrons. The van der Waals surface area contributed by atoms with Crippen LogP contribution in [0, 0.1) is 19.8 Å². The topological polar surface area (TPSA) is 98.8 Å². The molecule has 5 heterocycles. The van der Waals surface area contributed by atoms with Crippen LogP contribution in [0.1, 0.15) is 45.6 Å². The Balaban J connectivity index is 1.32. The maximum atomic E-state index is 13.9. The molecule has 1 saturated heterocycles. The predicted molar refractivity (Wildman–Crippen MR) is 145 cm³/mol. The molecule has 3 aromatic heterocycles. The standard InChI is InChI=1S/C27H26ClN7O2S/c1-16-10-17(2)30-27(29-16)38-15-23-25(31-32-35(23)21-8-6-20(28)7-9-21)26(37)33-12-18-11-19(14-33)22-4-3-5-24(36)34(22)13-18/h3-10,18-19H,11-15H2,1-2H3. The first kappa shape index (κ1) is 24.8. The van der Waals surface area contributed by atoms with E-state index in [1.54, 1.807) is 28.9 Å². The summed E-state index contributed by atoms with van der Waals surface area (Å²) in [4.78, 5) is 37.3. The third-order valence-electron chi connectivity index (χ3n) is 7.10. The highest BCUT2D eigenvalue weighted by Crippen LogP contribution is 2.36. The van der Waals surface area contributed by atoms with Crippen LogP contribution in [0.2, 0.25) is 5.02 Å². The van der Waals surface area contributed by atoms with Gasteiger partial charge in [-0.15, -0.1) is 5.10 Å². The molecule has 2 unspecified atom stereocenters. The summed E-state index contributed by atoms with van der Waals surface area (Å²) in [5, 5.41) is 10.00. The number of amides is 1. The van der Waals surface area contributed by atoms with Crippen LogP contribution in [0.5, 0.6) is 0 Å². The molecule has 1 amide bonds. The smallest absolute Gasteiger partial charge is 0.276 e. The number of carbonyl (C=O) groups excluding carboxylic acids is 1. The highest BCUT2D eigenvalue weighted by Gasteiger charge is 2.38. The molecule has 11 heteroatoms. The van der Waals surface area contributed by atoms with Gasteiger partial charge < -0.3 is 9.47 Å². The Morgan fingerprint density at radius 2 is 1.82 bits per heavy atom. The van der Waals surface area contributed by atoms with Crippen LogP contribution in [0.4, 0.5) is 0 Å². The molecule has 0 saturated carbocycles. The summed E-state index contributed by atoms with van der Waals surface area (Å²) in [5.74, 6) is 0.605. The van der Waals surface area contributed by atoms with Gasteiger partial charge in [0.2, 0.25) is 0 Å². The number of nitrogens with zero attached hydrogens (tertiary/aromatic N) is 7. The minimum Gasteiger partial charge on any atom is -0.336 e. The Hall–Kier alpha value is -3.50. The second kappa shape index (κ2) is 9.99. The molecule has 2 atom stereocenters. The summed E-state index contributed by atoms with van der Waals surface area (Å²) in [6, 6.07) is 14.6. The Morgan fingerprint density at radius 1 is 1.05 bits per heavy atom. The van der Waals surface area contributed by atoms with Gasteiger partial charge in [-0.1, -0.05) is 34.6 Å². The van der Waals surface area contributed by atoms with Crippen LogP contribution in [-0.2, 0) is 12.3 Å². The average Bonchev–Trinajstić information content (AvgIpc) is 3.31. The van der Waals surface area contributed by atoms with Crippen LogP contribution in [0.15, 0.2) is 58.5 Å². The van der Waals surface area contributed by atoms with Gasteiger partial charge in [-0.25, -0.2) is 14.6 Å². The van der Waals surface area contributed by atoms with Gasteiger partial charge in [0.25, 0.3) is 11.5 Å². The molecule has 4 aromatic rings. The zero-order valence-corrected chi connectivity index (χ0v) is 22.6. The predicted octanol–water partition coefficient (Wildman–Crippen LogP) is 4.04. The fourth-order valence-electron chi connectivity index (χ4n) is 5.49. The summed E-state index contributed by atoms with van der Waals surface area (Å²) < 4.78 is 3.56. The lowest BCUT2D eigenvalue weighted by Crippen LogP contribution is -2.49. The van der Waals surface area contributed by atoms with Gasteiger partial charge in [-0.05, 0) is 62.6 Å². The molecular formula is C27H26ClN7O2S. The van der Waals surface area contributed by atoms with Crippen molar-refractivity contribution in [3.63, 3.8) is 0 Å². The number of piperidine rings is 1. The van der Waals surface area contributed by atoms with Crippen molar-refractivity contribution in [3.05, 3.63) is 92.4 Å². The highest BCUT2D eigenvalue weighted by molar-refractivity contribution is 7.98. The van der Waals surface area contributed by atoms with Crippen molar-refractivity contribution in [1.82, 2.24) is 34.4 Å². The Kier molecular flexibility index (Phi) is 6.53. The third kappa shape index (κ3) is 4.74. The van der Waals surface area contributed by atoms with Crippen molar-refractivity contribution >= 4 is 29.3 Å². The van der Waals surface area contributed by atoms with Crippen LogP contribution < -0.4 is 5.56 Å². The third-order valence-corrected chi connectivity index (χ3v) is 8.21. The number of fused-ring (bicyclic) bond motifs is 4. The fraction of sp³-hybridized carbons (Fsp3) is 0.333. The number of rotatable bonds is 5. The van der Waals surface area contributed by atoms with E-state index in [0.717, 1.165) is 29.2 Å². The van der Waals surface area contributed by atoms with Gasteiger partial charge in [-0.3, -0.25) is 9.59 Å². The second-order valence-corrected chi connectivity index (χ2v) is 11.3. The molecule has 1 aromatic carbocycles. The molecule has 2 aliphatic rings. The number of hydrogen-bond acceptors (Lipinski definition) is 7. The van der Waals surface area contributed by atoms with E-state index in [0.29, 0.717) is 47.0 Å². The van der Waals surface area contributed by atoms with E-state index in [4.69, 9.17) is 11.6 Å². The number of hydrogen-bond donors (Lipinski definition) is 0. The van der Waals surface area contributed by atoms with E-state index in [1.165, 1.54) is 11.8 Å². The van der Waals surface area contributed by atoms with Gasteiger partial charge in [0, 0.05) is 59.5 Å². The van der Waals surface area contributed by atoms with E-state index < -0.39 is 0 Å². The Labute approximate surface area is 228 Å². The fourth-order valence-corrected chi connectivity index (χ4v) is 6.56. The molecule has 38 heavy (non-hydrogen) atoms. The lowest BCUT2D eigenvalue weighted by Gasteiger charge is -2.42. The van der Waals surface area contributed by atoms with E-state index >= 15 is 0 Å². The quantitative estimate of drug-likeness (QED) is 0.275. The van der Waals surface area contributed by atoms with Crippen molar-refractivity contribution in [2.45, 2.75) is 43.6 Å². The normalized spacial score (nSPS) is 18.3. The van der Waals surface area contributed by atoms with Crippen molar-refractivity contribution in [3.8, 4) is 5.69 Å². The number of thioether (sulfide) groups is 1. The summed E-state index contributed by atoms with van der Waals surface area (Å²) in [5.41, 5.74) is 4.57. The maximum Gasteiger partial charge on any atom is 0.276 e. The SMILES string of the molecule is Cc1cc(C)nc(SCc2c(C(=O)N3CC4CC(C3)c3cccc(=O)n3C4)nnn2-c2ccc(Cl)cc2)n1. The number of aromatic nitrogens is 6. The van der Waals surface area contributed by atoms with E-state index in [-0.39, 0.29) is 23.3 Å². The first-order valence-corrected chi connectivity index (χ1v) is 13.9. The molecule has 0 aliphatic carbocycles. The number of likely N-dealkylation sites (tertiary alicyclic amines) is 1. The van der Waals surface area contributed by atoms with Crippen LogP contribution in [0.25, 0.3) is 5.69 Å². The monoisotopic (exact) mass is 547 g/mol. The van der Waals surface area contributed by atoms with E-state index in [1.807, 2.05) is 47.6 Å². The van der Waals surface area contributed by atoms with Crippen molar-refractivity contribution in [2.75, 3.05) is 13.1 Å². The average molecular weight is 548 g/mol. The summed E-state index contributed by atoms with van der Waals surface area (Å²) in [6.07, 6.45) is 0.970. The molecule has 0 spiro atoms. The van der Waals surface area contributed by atoms with Gasteiger partial charge in [0.05, 0.1) is 11.4 Å². The van der Waals surface area contributed by atoms with Crippen molar-refractivity contribution in [1.29, 1.82) is 0 Å². The lowest BCUT2D eigenvalue weighted by atomic mass is 9.83. The van der Waals surface area contributed by atoms with Gasteiger partial charge in [-0.2, -0.15) is 0 Å². The van der Waals surface area contributed by atoms with Gasteiger partial charge in [0.1, 0.15) is 0 Å². The highest BCUT2D eigenvalue weighted by atomic mass is 35.5. The van der Waals surface area contributed by atoms with Crippen LogP contribution >= 0.6 is 23.4 Å². The minimum atomic E-state index is -0.149. The molecule has 2 bridgehead atoms. The second-order valence-electron chi connectivity index (χ2n) is 9.90.